The van der Waals surface area contributed by atoms with Gasteiger partial charge in [0, 0.05) is 22.3 Å². The number of hydrogen-bond acceptors (Lipinski definition) is 3. The smallest absolute Gasteiger partial charge is 0.239 e. The number of halogens is 2. The van der Waals surface area contributed by atoms with E-state index in [1.165, 1.54) is 0 Å². The molecule has 0 atom stereocenters. The fourth-order valence-electron chi connectivity index (χ4n) is 2.16. The largest absolute Gasteiger partial charge is 0.497 e. The number of amides is 2. The molecule has 0 aliphatic carbocycles. The van der Waals surface area contributed by atoms with Gasteiger partial charge in [-0.2, -0.15) is 0 Å². The Morgan fingerprint density at radius 1 is 1.00 bits per heavy atom. The summed E-state index contributed by atoms with van der Waals surface area (Å²) in [5.74, 6) is -0.109. The van der Waals surface area contributed by atoms with Crippen LogP contribution >= 0.6 is 23.2 Å². The molecule has 0 radical (unpaired) electrons. The molecule has 138 valence electrons. The van der Waals surface area contributed by atoms with Crippen LogP contribution in [0.25, 0.3) is 0 Å². The average Bonchev–Trinajstić information content (AvgIpc) is 2.59. The Morgan fingerprint density at radius 3 is 2.12 bits per heavy atom. The van der Waals surface area contributed by atoms with E-state index in [1.807, 2.05) is 24.3 Å². The standard InChI is InChI=1S/C19H20Cl2N2O3/c1-19(2,18(25)23-15-9-13(20)8-14(21)10-15)17(24)22-11-12-4-6-16(26-3)7-5-12/h4-10H,11H2,1-3H3,(H,22,24)(H,23,25). The molecular weight excluding hydrogens is 375 g/mol. The summed E-state index contributed by atoms with van der Waals surface area (Å²) in [4.78, 5) is 25.0. The van der Waals surface area contributed by atoms with Crippen LogP contribution in [0.1, 0.15) is 19.4 Å². The zero-order chi connectivity index (χ0) is 19.3. The van der Waals surface area contributed by atoms with Crippen LogP contribution in [0.15, 0.2) is 42.5 Å². The van der Waals surface area contributed by atoms with Gasteiger partial charge in [-0.3, -0.25) is 9.59 Å². The van der Waals surface area contributed by atoms with E-state index in [4.69, 9.17) is 27.9 Å². The van der Waals surface area contributed by atoms with E-state index in [0.29, 0.717) is 22.3 Å². The second kappa shape index (κ2) is 8.43. The first-order chi connectivity index (χ1) is 12.2. The van der Waals surface area contributed by atoms with E-state index in [0.717, 1.165) is 11.3 Å². The number of carbonyl (C=O) groups excluding carboxylic acids is 2. The van der Waals surface area contributed by atoms with Crippen molar-refractivity contribution < 1.29 is 14.3 Å². The summed E-state index contributed by atoms with van der Waals surface area (Å²) in [6.07, 6.45) is 0. The van der Waals surface area contributed by atoms with Crippen LogP contribution in [0.2, 0.25) is 10.0 Å². The van der Waals surface area contributed by atoms with Gasteiger partial charge in [0.15, 0.2) is 0 Å². The van der Waals surface area contributed by atoms with E-state index in [9.17, 15) is 9.59 Å². The molecule has 2 N–H and O–H groups in total. The lowest BCUT2D eigenvalue weighted by molar-refractivity contribution is -0.138. The topological polar surface area (TPSA) is 67.4 Å². The van der Waals surface area contributed by atoms with Gasteiger partial charge in [-0.25, -0.2) is 0 Å². The molecule has 2 aromatic carbocycles. The maximum absolute atomic E-state index is 12.5. The van der Waals surface area contributed by atoms with Crippen molar-refractivity contribution in [3.63, 3.8) is 0 Å². The fraction of sp³-hybridized carbons (Fsp3) is 0.263. The first kappa shape index (κ1) is 20.1. The molecule has 0 aliphatic heterocycles. The lowest BCUT2D eigenvalue weighted by atomic mass is 9.90. The number of nitrogens with one attached hydrogen (secondary N) is 2. The molecule has 2 aromatic rings. The average molecular weight is 395 g/mol. The van der Waals surface area contributed by atoms with Crippen LogP contribution in [0, 0.1) is 5.41 Å². The third-order valence-electron chi connectivity index (χ3n) is 3.87. The van der Waals surface area contributed by atoms with Gasteiger partial charge in [-0.1, -0.05) is 35.3 Å². The summed E-state index contributed by atoms with van der Waals surface area (Å²) in [7, 11) is 1.59. The van der Waals surface area contributed by atoms with Crippen molar-refractivity contribution in [1.29, 1.82) is 0 Å². The second-order valence-electron chi connectivity index (χ2n) is 6.27. The maximum Gasteiger partial charge on any atom is 0.239 e. The molecule has 0 unspecified atom stereocenters. The third-order valence-corrected chi connectivity index (χ3v) is 4.30. The van der Waals surface area contributed by atoms with Gasteiger partial charge in [-0.15, -0.1) is 0 Å². The van der Waals surface area contributed by atoms with Crippen LogP contribution in [-0.4, -0.2) is 18.9 Å². The molecular formula is C19H20Cl2N2O3. The molecule has 2 rings (SSSR count). The number of methoxy groups -OCH3 is 1. The number of ether oxygens (including phenoxy) is 1. The normalized spacial score (nSPS) is 11.0. The third kappa shape index (κ3) is 5.13. The second-order valence-corrected chi connectivity index (χ2v) is 7.14. The molecule has 0 aliphatic rings. The Balaban J connectivity index is 1.99. The van der Waals surface area contributed by atoms with E-state index in [2.05, 4.69) is 10.6 Å². The quantitative estimate of drug-likeness (QED) is 0.718. The number of carbonyl (C=O) groups is 2. The first-order valence-electron chi connectivity index (χ1n) is 7.91. The van der Waals surface area contributed by atoms with Gasteiger partial charge in [-0.05, 0) is 49.7 Å². The molecule has 0 aromatic heterocycles. The summed E-state index contributed by atoms with van der Waals surface area (Å²) < 4.78 is 5.09. The predicted molar refractivity (Wildman–Crippen MR) is 104 cm³/mol. The Labute approximate surface area is 162 Å². The molecule has 0 saturated heterocycles. The molecule has 0 heterocycles. The van der Waals surface area contributed by atoms with Crippen molar-refractivity contribution in [2.75, 3.05) is 12.4 Å². The minimum atomic E-state index is -1.28. The Bertz CT molecular complexity index is 785. The lowest BCUT2D eigenvalue weighted by Gasteiger charge is -2.23. The van der Waals surface area contributed by atoms with E-state index in [-0.39, 0.29) is 5.91 Å². The van der Waals surface area contributed by atoms with E-state index in [1.54, 1.807) is 39.2 Å². The Hall–Kier alpha value is -2.24. The molecule has 5 nitrogen and oxygen atoms in total. The Morgan fingerprint density at radius 2 is 1.58 bits per heavy atom. The van der Waals surface area contributed by atoms with Crippen molar-refractivity contribution in [3.05, 3.63) is 58.1 Å². The van der Waals surface area contributed by atoms with E-state index < -0.39 is 11.3 Å². The van der Waals surface area contributed by atoms with Gasteiger partial charge in [0.25, 0.3) is 0 Å². The summed E-state index contributed by atoms with van der Waals surface area (Å²) in [6, 6.07) is 12.0. The van der Waals surface area contributed by atoms with Crippen LogP contribution in [0.3, 0.4) is 0 Å². The monoisotopic (exact) mass is 394 g/mol. The van der Waals surface area contributed by atoms with Crippen molar-refractivity contribution in [2.45, 2.75) is 20.4 Å². The number of hydrogen-bond donors (Lipinski definition) is 2. The fourth-order valence-corrected chi connectivity index (χ4v) is 2.69. The molecule has 26 heavy (non-hydrogen) atoms. The zero-order valence-electron chi connectivity index (χ0n) is 14.7. The number of benzene rings is 2. The van der Waals surface area contributed by atoms with Crippen molar-refractivity contribution in [2.24, 2.45) is 5.41 Å². The summed E-state index contributed by atoms with van der Waals surface area (Å²) in [6.45, 7) is 3.41. The highest BCUT2D eigenvalue weighted by Gasteiger charge is 2.36. The van der Waals surface area contributed by atoms with Gasteiger partial charge < -0.3 is 15.4 Å². The summed E-state index contributed by atoms with van der Waals surface area (Å²) >= 11 is 11.9. The van der Waals surface area contributed by atoms with E-state index >= 15 is 0 Å². The predicted octanol–water partition coefficient (Wildman–Crippen LogP) is 4.28. The number of anilines is 1. The maximum atomic E-state index is 12.5. The zero-order valence-corrected chi connectivity index (χ0v) is 16.2. The lowest BCUT2D eigenvalue weighted by Crippen LogP contribution is -2.44. The molecule has 0 fully saturated rings. The summed E-state index contributed by atoms with van der Waals surface area (Å²) in [5, 5.41) is 6.24. The number of rotatable bonds is 6. The molecule has 7 heteroatoms. The van der Waals surface area contributed by atoms with Crippen LogP contribution in [-0.2, 0) is 16.1 Å². The molecule has 2 amide bonds. The Kier molecular flexibility index (Phi) is 6.51. The van der Waals surface area contributed by atoms with Crippen LogP contribution in [0.4, 0.5) is 5.69 Å². The van der Waals surface area contributed by atoms with Crippen LogP contribution in [0.5, 0.6) is 5.75 Å². The molecule has 0 bridgehead atoms. The van der Waals surface area contributed by atoms with Crippen molar-refractivity contribution in [3.8, 4) is 5.75 Å². The molecule has 0 spiro atoms. The van der Waals surface area contributed by atoms with Gasteiger partial charge in [0.1, 0.15) is 11.2 Å². The summed E-state index contributed by atoms with van der Waals surface area (Å²) in [5.41, 5.74) is 0.0573. The van der Waals surface area contributed by atoms with Gasteiger partial charge in [0.2, 0.25) is 11.8 Å². The van der Waals surface area contributed by atoms with Crippen LogP contribution < -0.4 is 15.4 Å². The van der Waals surface area contributed by atoms with Crippen molar-refractivity contribution >= 4 is 40.7 Å². The minimum absolute atomic E-state index is 0.308. The van der Waals surface area contributed by atoms with Crippen molar-refractivity contribution in [1.82, 2.24) is 5.32 Å². The minimum Gasteiger partial charge on any atom is -0.497 e. The highest BCUT2D eigenvalue weighted by atomic mass is 35.5. The SMILES string of the molecule is COc1ccc(CNC(=O)C(C)(C)C(=O)Nc2cc(Cl)cc(Cl)c2)cc1. The highest BCUT2D eigenvalue weighted by molar-refractivity contribution is 6.35. The highest BCUT2D eigenvalue weighted by Crippen LogP contribution is 2.25. The molecule has 0 saturated carbocycles. The first-order valence-corrected chi connectivity index (χ1v) is 8.67. The van der Waals surface area contributed by atoms with Gasteiger partial charge >= 0.3 is 0 Å². The van der Waals surface area contributed by atoms with Gasteiger partial charge in [0.05, 0.1) is 7.11 Å².